The quantitative estimate of drug-likeness (QED) is 0.864. The van der Waals surface area contributed by atoms with E-state index in [9.17, 15) is 5.26 Å². The molecule has 0 aromatic heterocycles. The Bertz CT molecular complexity index is 416. The summed E-state index contributed by atoms with van der Waals surface area (Å²) < 4.78 is 5.73. The highest BCUT2D eigenvalue weighted by Gasteiger charge is 2.33. The summed E-state index contributed by atoms with van der Waals surface area (Å²) in [6, 6.07) is 10.4. The molecule has 1 unspecified atom stereocenters. The third-order valence-corrected chi connectivity index (χ3v) is 3.34. The first-order valence-corrected chi connectivity index (χ1v) is 6.10. The Morgan fingerprint density at radius 1 is 1.47 bits per heavy atom. The summed E-state index contributed by atoms with van der Waals surface area (Å²) in [4.78, 5) is 0. The number of nitrogens with zero attached hydrogens (tertiary/aromatic N) is 1. The number of ether oxygens (including phenoxy) is 1. The fourth-order valence-corrected chi connectivity index (χ4v) is 2.22. The fraction of sp³-hybridized carbons (Fsp3) is 0.500. The SMILES string of the molecule is Cc1ccccc1OCCC1(C#N)CCCN1. The lowest BCUT2D eigenvalue weighted by atomic mass is 9.96. The standard InChI is InChI=1S/C14H18N2O/c1-12-5-2-3-6-13(12)17-10-8-14(11-15)7-4-9-16-14/h2-3,5-6,16H,4,7-10H2,1H3. The molecule has 0 radical (unpaired) electrons. The Balaban J connectivity index is 1.88. The molecule has 1 aliphatic heterocycles. The second-order valence-corrected chi connectivity index (χ2v) is 4.59. The van der Waals surface area contributed by atoms with Crippen molar-refractivity contribution in [1.29, 1.82) is 5.26 Å². The number of benzene rings is 1. The zero-order valence-electron chi connectivity index (χ0n) is 10.2. The van der Waals surface area contributed by atoms with Gasteiger partial charge in [0.15, 0.2) is 0 Å². The third kappa shape index (κ3) is 2.78. The molecule has 0 aliphatic carbocycles. The second-order valence-electron chi connectivity index (χ2n) is 4.59. The van der Waals surface area contributed by atoms with Gasteiger partial charge in [0.25, 0.3) is 0 Å². The fourth-order valence-electron chi connectivity index (χ4n) is 2.22. The van der Waals surface area contributed by atoms with Crippen molar-refractivity contribution in [1.82, 2.24) is 5.32 Å². The summed E-state index contributed by atoms with van der Waals surface area (Å²) in [5, 5.41) is 12.5. The van der Waals surface area contributed by atoms with Gasteiger partial charge in [0, 0.05) is 6.42 Å². The van der Waals surface area contributed by atoms with Crippen molar-refractivity contribution in [3.8, 4) is 11.8 Å². The molecule has 0 saturated carbocycles. The molecule has 1 aromatic rings. The summed E-state index contributed by atoms with van der Waals surface area (Å²) in [6.07, 6.45) is 2.76. The van der Waals surface area contributed by atoms with Crippen LogP contribution in [0, 0.1) is 18.3 Å². The van der Waals surface area contributed by atoms with E-state index in [-0.39, 0.29) is 5.54 Å². The van der Waals surface area contributed by atoms with Gasteiger partial charge in [0.1, 0.15) is 11.3 Å². The van der Waals surface area contributed by atoms with Gasteiger partial charge >= 0.3 is 0 Å². The van der Waals surface area contributed by atoms with Crippen molar-refractivity contribution in [2.24, 2.45) is 0 Å². The zero-order chi connectivity index (χ0) is 12.1. The van der Waals surface area contributed by atoms with E-state index < -0.39 is 0 Å². The largest absolute Gasteiger partial charge is 0.493 e. The molecule has 3 heteroatoms. The van der Waals surface area contributed by atoms with E-state index in [1.54, 1.807) is 0 Å². The molecule has 1 heterocycles. The molecule has 0 spiro atoms. The van der Waals surface area contributed by atoms with Crippen LogP contribution in [-0.2, 0) is 0 Å². The van der Waals surface area contributed by atoms with E-state index >= 15 is 0 Å². The van der Waals surface area contributed by atoms with E-state index in [0.29, 0.717) is 6.61 Å². The maximum absolute atomic E-state index is 9.20. The van der Waals surface area contributed by atoms with Crippen LogP contribution in [0.3, 0.4) is 0 Å². The molecule has 90 valence electrons. The van der Waals surface area contributed by atoms with Gasteiger partial charge in [-0.1, -0.05) is 18.2 Å². The molecule has 1 fully saturated rings. The van der Waals surface area contributed by atoms with E-state index in [0.717, 1.165) is 37.1 Å². The Kier molecular flexibility index (Phi) is 3.65. The number of para-hydroxylation sites is 1. The van der Waals surface area contributed by atoms with Crippen molar-refractivity contribution in [3.05, 3.63) is 29.8 Å². The molecule has 3 nitrogen and oxygen atoms in total. The van der Waals surface area contributed by atoms with Crippen LogP contribution >= 0.6 is 0 Å². The Morgan fingerprint density at radius 3 is 2.94 bits per heavy atom. The first kappa shape index (κ1) is 11.9. The van der Waals surface area contributed by atoms with E-state index in [2.05, 4.69) is 11.4 Å². The van der Waals surface area contributed by atoms with E-state index in [1.165, 1.54) is 0 Å². The van der Waals surface area contributed by atoms with Crippen molar-refractivity contribution < 1.29 is 4.74 Å². The summed E-state index contributed by atoms with van der Waals surface area (Å²) in [6.45, 7) is 3.56. The molecular weight excluding hydrogens is 212 g/mol. The van der Waals surface area contributed by atoms with Crippen LogP contribution in [0.2, 0.25) is 0 Å². The van der Waals surface area contributed by atoms with Crippen LogP contribution in [0.4, 0.5) is 0 Å². The van der Waals surface area contributed by atoms with Crippen LogP contribution in [0.5, 0.6) is 5.75 Å². The van der Waals surface area contributed by atoms with Crippen LogP contribution in [0.25, 0.3) is 0 Å². The smallest absolute Gasteiger partial charge is 0.122 e. The van der Waals surface area contributed by atoms with E-state index in [1.807, 2.05) is 31.2 Å². The predicted molar refractivity (Wildman–Crippen MR) is 66.9 cm³/mol. The first-order valence-electron chi connectivity index (χ1n) is 6.10. The lowest BCUT2D eigenvalue weighted by Crippen LogP contribution is -2.39. The predicted octanol–water partition coefficient (Wildman–Crippen LogP) is 2.41. The average molecular weight is 230 g/mol. The minimum absolute atomic E-state index is 0.358. The third-order valence-electron chi connectivity index (χ3n) is 3.34. The topological polar surface area (TPSA) is 45.0 Å². The lowest BCUT2D eigenvalue weighted by molar-refractivity contribution is 0.269. The second kappa shape index (κ2) is 5.20. The van der Waals surface area contributed by atoms with Crippen molar-refractivity contribution in [3.63, 3.8) is 0 Å². The summed E-state index contributed by atoms with van der Waals surface area (Å²) in [7, 11) is 0. The molecule has 17 heavy (non-hydrogen) atoms. The van der Waals surface area contributed by atoms with Crippen LogP contribution in [0.1, 0.15) is 24.8 Å². The average Bonchev–Trinajstić information content (AvgIpc) is 2.81. The van der Waals surface area contributed by atoms with Crippen LogP contribution in [-0.4, -0.2) is 18.7 Å². The molecule has 2 rings (SSSR count). The summed E-state index contributed by atoms with van der Waals surface area (Å²) in [5.41, 5.74) is 0.778. The van der Waals surface area contributed by atoms with Crippen LogP contribution < -0.4 is 10.1 Å². The number of nitriles is 1. The highest BCUT2D eigenvalue weighted by molar-refractivity contribution is 5.31. The van der Waals surface area contributed by atoms with Gasteiger partial charge in [0.05, 0.1) is 12.7 Å². The Hall–Kier alpha value is -1.53. The maximum Gasteiger partial charge on any atom is 0.122 e. The van der Waals surface area contributed by atoms with Gasteiger partial charge in [-0.15, -0.1) is 0 Å². The monoisotopic (exact) mass is 230 g/mol. The van der Waals surface area contributed by atoms with Crippen molar-refractivity contribution in [2.45, 2.75) is 31.7 Å². The minimum atomic E-state index is -0.358. The van der Waals surface area contributed by atoms with Gasteiger partial charge < -0.3 is 4.74 Å². The van der Waals surface area contributed by atoms with Gasteiger partial charge in [-0.2, -0.15) is 5.26 Å². The number of hydrogen-bond acceptors (Lipinski definition) is 3. The van der Waals surface area contributed by atoms with E-state index in [4.69, 9.17) is 4.74 Å². The van der Waals surface area contributed by atoms with Crippen LogP contribution in [0.15, 0.2) is 24.3 Å². The molecule has 0 amide bonds. The van der Waals surface area contributed by atoms with Gasteiger partial charge in [-0.25, -0.2) is 0 Å². The van der Waals surface area contributed by atoms with Gasteiger partial charge in [-0.3, -0.25) is 5.32 Å². The van der Waals surface area contributed by atoms with Gasteiger partial charge in [-0.05, 0) is 37.9 Å². The molecule has 1 N–H and O–H groups in total. The first-order chi connectivity index (χ1) is 8.26. The zero-order valence-corrected chi connectivity index (χ0v) is 10.2. The number of aryl methyl sites for hydroxylation is 1. The lowest BCUT2D eigenvalue weighted by Gasteiger charge is -2.21. The number of nitrogens with one attached hydrogen (secondary N) is 1. The molecule has 1 aliphatic rings. The summed E-state index contributed by atoms with van der Waals surface area (Å²) in [5.74, 6) is 0.915. The molecule has 0 bridgehead atoms. The molecular formula is C14H18N2O. The van der Waals surface area contributed by atoms with Crippen molar-refractivity contribution in [2.75, 3.05) is 13.2 Å². The normalized spacial score (nSPS) is 23.3. The molecule has 1 aromatic carbocycles. The molecule has 1 atom stereocenters. The summed E-state index contributed by atoms with van der Waals surface area (Å²) >= 11 is 0. The Labute approximate surface area is 102 Å². The molecule has 1 saturated heterocycles. The van der Waals surface area contributed by atoms with Gasteiger partial charge in [0.2, 0.25) is 0 Å². The maximum atomic E-state index is 9.20. The Morgan fingerprint density at radius 2 is 2.29 bits per heavy atom. The number of rotatable bonds is 4. The number of hydrogen-bond donors (Lipinski definition) is 1. The minimum Gasteiger partial charge on any atom is -0.493 e. The van der Waals surface area contributed by atoms with Crippen molar-refractivity contribution >= 4 is 0 Å². The highest BCUT2D eigenvalue weighted by Crippen LogP contribution is 2.23. The highest BCUT2D eigenvalue weighted by atomic mass is 16.5.